The van der Waals surface area contributed by atoms with Gasteiger partial charge in [-0.1, -0.05) is 30.3 Å². The minimum Gasteiger partial charge on any atom is -0.294 e. The van der Waals surface area contributed by atoms with Crippen molar-refractivity contribution in [3.8, 4) is 0 Å². The molecule has 82 valence electrons. The zero-order valence-corrected chi connectivity index (χ0v) is 10.2. The number of aryl methyl sites for hydroxylation is 2. The lowest BCUT2D eigenvalue weighted by atomic mass is 10.1. The maximum Gasteiger partial charge on any atom is 0.168 e. The molecule has 3 heteroatoms. The first-order chi connectivity index (χ1) is 7.66. The topological polar surface area (TPSA) is 30.0 Å². The summed E-state index contributed by atoms with van der Waals surface area (Å²) in [6.07, 6.45) is 0.460. The molecule has 0 aliphatic carbocycles. The average molecular weight is 231 g/mol. The van der Waals surface area contributed by atoms with Crippen LogP contribution in [0.15, 0.2) is 30.3 Å². The molecule has 0 aliphatic rings. The highest BCUT2D eigenvalue weighted by atomic mass is 32.1. The fourth-order valence-electron chi connectivity index (χ4n) is 1.61. The van der Waals surface area contributed by atoms with E-state index < -0.39 is 0 Å². The molecular formula is C13H13NOS. The van der Waals surface area contributed by atoms with Crippen molar-refractivity contribution < 1.29 is 4.79 Å². The number of hydrogen-bond donors (Lipinski definition) is 0. The van der Waals surface area contributed by atoms with E-state index in [0.29, 0.717) is 6.42 Å². The van der Waals surface area contributed by atoms with Gasteiger partial charge in [0.2, 0.25) is 0 Å². The third-order valence-corrected chi connectivity index (χ3v) is 3.49. The Balaban J connectivity index is 2.17. The molecule has 2 aromatic rings. The average Bonchev–Trinajstić information content (AvgIpc) is 2.59. The Bertz CT molecular complexity index is 502. The number of Topliss-reactive ketones (excluding diaryl/α,β-unsaturated/α-hetero) is 1. The minimum atomic E-state index is 0.160. The van der Waals surface area contributed by atoms with Crippen molar-refractivity contribution >= 4 is 17.1 Å². The monoisotopic (exact) mass is 231 g/mol. The first-order valence-corrected chi connectivity index (χ1v) is 5.99. The van der Waals surface area contributed by atoms with Crippen molar-refractivity contribution in [3.05, 3.63) is 51.5 Å². The highest BCUT2D eigenvalue weighted by molar-refractivity contribution is 7.11. The predicted octanol–water partition coefficient (Wildman–Crippen LogP) is 3.19. The van der Waals surface area contributed by atoms with Crippen molar-refractivity contribution in [1.82, 2.24) is 4.98 Å². The van der Waals surface area contributed by atoms with Gasteiger partial charge in [-0.25, -0.2) is 4.98 Å². The van der Waals surface area contributed by atoms with Crippen molar-refractivity contribution in [2.45, 2.75) is 20.3 Å². The summed E-state index contributed by atoms with van der Waals surface area (Å²) >= 11 is 1.61. The Kier molecular flexibility index (Phi) is 3.15. The van der Waals surface area contributed by atoms with Gasteiger partial charge in [0.05, 0.1) is 10.7 Å². The normalized spacial score (nSPS) is 10.4. The van der Waals surface area contributed by atoms with Crippen LogP contribution in [-0.4, -0.2) is 10.8 Å². The van der Waals surface area contributed by atoms with Crippen LogP contribution in [0.4, 0.5) is 0 Å². The van der Waals surface area contributed by atoms with Crippen LogP contribution in [0.2, 0.25) is 0 Å². The summed E-state index contributed by atoms with van der Waals surface area (Å²) < 4.78 is 0. The van der Waals surface area contributed by atoms with E-state index in [9.17, 15) is 4.79 Å². The second-order valence-electron chi connectivity index (χ2n) is 3.71. The van der Waals surface area contributed by atoms with Crippen LogP contribution in [0.3, 0.4) is 0 Å². The van der Waals surface area contributed by atoms with Crippen LogP contribution in [0.25, 0.3) is 0 Å². The molecule has 0 atom stereocenters. The second-order valence-corrected chi connectivity index (χ2v) is 5.00. The first kappa shape index (κ1) is 11.0. The molecule has 0 saturated carbocycles. The lowest BCUT2D eigenvalue weighted by molar-refractivity contribution is 0.0993. The maximum absolute atomic E-state index is 12.0. The molecule has 0 fully saturated rings. The van der Waals surface area contributed by atoms with Gasteiger partial charge in [0, 0.05) is 16.9 Å². The van der Waals surface area contributed by atoms with Gasteiger partial charge in [0.25, 0.3) is 0 Å². The number of thiazole rings is 1. The molecule has 0 aliphatic heterocycles. The second kappa shape index (κ2) is 4.58. The Morgan fingerprint density at radius 3 is 2.50 bits per heavy atom. The number of aromatic nitrogens is 1. The summed E-state index contributed by atoms with van der Waals surface area (Å²) in [5, 5.41) is 1.02. The van der Waals surface area contributed by atoms with Crippen molar-refractivity contribution in [3.63, 3.8) is 0 Å². The molecule has 0 N–H and O–H groups in total. The Hall–Kier alpha value is -1.48. The van der Waals surface area contributed by atoms with Crippen LogP contribution in [0, 0.1) is 13.8 Å². The standard InChI is InChI=1S/C13H13NOS/c1-9-13(16-10(2)14-9)8-12(15)11-6-4-3-5-7-11/h3-7H,8H2,1-2H3. The van der Waals surface area contributed by atoms with Crippen LogP contribution in [0.5, 0.6) is 0 Å². The van der Waals surface area contributed by atoms with Gasteiger partial charge in [0.1, 0.15) is 0 Å². The first-order valence-electron chi connectivity index (χ1n) is 5.18. The number of hydrogen-bond acceptors (Lipinski definition) is 3. The molecule has 16 heavy (non-hydrogen) atoms. The zero-order valence-electron chi connectivity index (χ0n) is 9.36. The Morgan fingerprint density at radius 1 is 1.25 bits per heavy atom. The van der Waals surface area contributed by atoms with Crippen molar-refractivity contribution in [2.24, 2.45) is 0 Å². The molecule has 1 heterocycles. The number of benzene rings is 1. The SMILES string of the molecule is Cc1nc(C)c(CC(=O)c2ccccc2)s1. The van der Waals surface area contributed by atoms with Crippen molar-refractivity contribution in [2.75, 3.05) is 0 Å². The Labute approximate surface area is 99.0 Å². The van der Waals surface area contributed by atoms with Gasteiger partial charge in [-0.05, 0) is 13.8 Å². The molecule has 2 nitrogen and oxygen atoms in total. The number of ketones is 1. The summed E-state index contributed by atoms with van der Waals surface area (Å²) in [6, 6.07) is 9.39. The van der Waals surface area contributed by atoms with Gasteiger partial charge < -0.3 is 0 Å². The lowest BCUT2D eigenvalue weighted by Gasteiger charge is -1.99. The molecule has 1 aromatic carbocycles. The molecule has 0 unspecified atom stereocenters. The van der Waals surface area contributed by atoms with Gasteiger partial charge in [-0.3, -0.25) is 4.79 Å². The zero-order chi connectivity index (χ0) is 11.5. The quantitative estimate of drug-likeness (QED) is 0.759. The van der Waals surface area contributed by atoms with Crippen molar-refractivity contribution in [1.29, 1.82) is 0 Å². The van der Waals surface area contributed by atoms with Gasteiger partial charge in [-0.15, -0.1) is 11.3 Å². The number of carbonyl (C=O) groups is 1. The number of nitrogens with zero attached hydrogens (tertiary/aromatic N) is 1. The minimum absolute atomic E-state index is 0.160. The number of carbonyl (C=O) groups excluding carboxylic acids is 1. The Morgan fingerprint density at radius 2 is 1.94 bits per heavy atom. The molecule has 2 rings (SSSR count). The largest absolute Gasteiger partial charge is 0.294 e. The summed E-state index contributed by atoms with van der Waals surface area (Å²) in [5.74, 6) is 0.160. The fourth-order valence-corrected chi connectivity index (χ4v) is 2.55. The molecule has 0 spiro atoms. The highest BCUT2D eigenvalue weighted by Gasteiger charge is 2.11. The number of rotatable bonds is 3. The van der Waals surface area contributed by atoms with E-state index in [4.69, 9.17) is 0 Å². The summed E-state index contributed by atoms with van der Waals surface area (Å²) in [6.45, 7) is 3.92. The molecule has 0 amide bonds. The van der Waals surface area contributed by atoms with E-state index in [1.54, 1.807) is 11.3 Å². The van der Waals surface area contributed by atoms with E-state index in [1.807, 2.05) is 44.2 Å². The summed E-state index contributed by atoms with van der Waals surface area (Å²) in [7, 11) is 0. The smallest absolute Gasteiger partial charge is 0.168 e. The molecule has 0 radical (unpaired) electrons. The third-order valence-electron chi connectivity index (χ3n) is 2.42. The van der Waals surface area contributed by atoms with Crippen LogP contribution in [0.1, 0.15) is 25.9 Å². The van der Waals surface area contributed by atoms with E-state index in [0.717, 1.165) is 21.1 Å². The van der Waals surface area contributed by atoms with Crippen LogP contribution < -0.4 is 0 Å². The fraction of sp³-hybridized carbons (Fsp3) is 0.231. The molecule has 0 bridgehead atoms. The van der Waals surface area contributed by atoms with E-state index in [2.05, 4.69) is 4.98 Å². The third kappa shape index (κ3) is 2.36. The lowest BCUT2D eigenvalue weighted by Crippen LogP contribution is -2.02. The van der Waals surface area contributed by atoms with E-state index in [-0.39, 0.29) is 5.78 Å². The molecule has 1 aromatic heterocycles. The summed E-state index contributed by atoms with van der Waals surface area (Å²) in [5.41, 5.74) is 1.75. The van der Waals surface area contributed by atoms with Crippen LogP contribution in [-0.2, 0) is 6.42 Å². The van der Waals surface area contributed by atoms with Gasteiger partial charge in [0.15, 0.2) is 5.78 Å². The predicted molar refractivity (Wildman–Crippen MR) is 66.1 cm³/mol. The van der Waals surface area contributed by atoms with E-state index >= 15 is 0 Å². The van der Waals surface area contributed by atoms with E-state index in [1.165, 1.54) is 0 Å². The van der Waals surface area contributed by atoms with Gasteiger partial charge >= 0.3 is 0 Å². The molecular weight excluding hydrogens is 218 g/mol. The molecule has 0 saturated heterocycles. The van der Waals surface area contributed by atoms with Crippen LogP contribution >= 0.6 is 11.3 Å². The summed E-state index contributed by atoms with van der Waals surface area (Å²) in [4.78, 5) is 17.4. The maximum atomic E-state index is 12.0. The van der Waals surface area contributed by atoms with Gasteiger partial charge in [-0.2, -0.15) is 0 Å². The highest BCUT2D eigenvalue weighted by Crippen LogP contribution is 2.19.